The smallest absolute Gasteiger partial charge is 0.319 e. The molecule has 5 heteroatoms. The number of piperidine rings is 1. The van der Waals surface area contributed by atoms with Gasteiger partial charge in [0.1, 0.15) is 0 Å². The van der Waals surface area contributed by atoms with Gasteiger partial charge in [0.25, 0.3) is 0 Å². The Bertz CT molecular complexity index is 505. The fourth-order valence-corrected chi connectivity index (χ4v) is 3.48. The summed E-state index contributed by atoms with van der Waals surface area (Å²) < 4.78 is 0. The molecule has 2 aliphatic rings. The second kappa shape index (κ2) is 6.45. The van der Waals surface area contributed by atoms with Gasteiger partial charge in [0.05, 0.1) is 0 Å². The van der Waals surface area contributed by atoms with E-state index in [2.05, 4.69) is 15.5 Å². The second-order valence-corrected chi connectivity index (χ2v) is 6.06. The van der Waals surface area contributed by atoms with E-state index in [0.29, 0.717) is 18.6 Å². The van der Waals surface area contributed by atoms with Crippen LogP contribution in [-0.4, -0.2) is 36.1 Å². The first-order chi connectivity index (χ1) is 10.2. The highest BCUT2D eigenvalue weighted by molar-refractivity contribution is 5.89. The number of hydrogen-bond acceptors (Lipinski definition) is 3. The Morgan fingerprint density at radius 3 is 3.10 bits per heavy atom. The van der Waals surface area contributed by atoms with Crippen LogP contribution in [0.25, 0.3) is 0 Å². The third-order valence-corrected chi connectivity index (χ3v) is 4.58. The highest BCUT2D eigenvalue weighted by Gasteiger charge is 2.32. The number of anilines is 1. The number of urea groups is 1. The molecule has 1 aromatic rings. The van der Waals surface area contributed by atoms with Gasteiger partial charge in [-0.2, -0.15) is 0 Å². The molecule has 0 aliphatic carbocycles. The number of fused-ring (bicyclic) bond motifs is 1. The van der Waals surface area contributed by atoms with Crippen molar-refractivity contribution in [2.45, 2.75) is 44.3 Å². The van der Waals surface area contributed by atoms with Crippen molar-refractivity contribution >= 4 is 11.7 Å². The Balaban J connectivity index is 1.51. The predicted molar refractivity (Wildman–Crippen MR) is 84.1 cm³/mol. The number of nitrogens with zero attached hydrogens (tertiary/aromatic N) is 1. The van der Waals surface area contributed by atoms with Gasteiger partial charge in [0.2, 0.25) is 0 Å². The monoisotopic (exact) mass is 288 g/mol. The molecule has 0 radical (unpaired) electrons. The Hall–Kier alpha value is -1.59. The quantitative estimate of drug-likeness (QED) is 0.795. The summed E-state index contributed by atoms with van der Waals surface area (Å²) >= 11 is 0. The number of nitrogens with one attached hydrogen (secondary N) is 2. The minimum atomic E-state index is -0.111. The molecule has 5 nitrogen and oxygen atoms in total. The molecule has 2 aliphatic heterocycles. The van der Waals surface area contributed by atoms with Gasteiger partial charge in [-0.15, -0.1) is 0 Å². The lowest BCUT2D eigenvalue weighted by molar-refractivity contribution is 0.168. The normalized spacial score (nSPS) is 25.4. The first kappa shape index (κ1) is 14.4. The zero-order valence-electron chi connectivity index (χ0n) is 12.3. The molecule has 4 N–H and O–H groups in total. The Morgan fingerprint density at radius 2 is 2.24 bits per heavy atom. The lowest BCUT2D eigenvalue weighted by Gasteiger charge is -2.35. The minimum Gasteiger partial charge on any atom is -0.335 e. The van der Waals surface area contributed by atoms with Gasteiger partial charge in [-0.3, -0.25) is 0 Å². The molecule has 2 unspecified atom stereocenters. The van der Waals surface area contributed by atoms with E-state index in [4.69, 9.17) is 5.73 Å². The summed E-state index contributed by atoms with van der Waals surface area (Å²) in [5.74, 6) is 0. The molecular weight excluding hydrogens is 264 g/mol. The highest BCUT2D eigenvalue weighted by Crippen LogP contribution is 2.26. The lowest BCUT2D eigenvalue weighted by atomic mass is 9.98. The maximum Gasteiger partial charge on any atom is 0.319 e. The highest BCUT2D eigenvalue weighted by atomic mass is 16.2. The summed E-state index contributed by atoms with van der Waals surface area (Å²) in [5, 5.41) is 6.01. The van der Waals surface area contributed by atoms with Crippen LogP contribution < -0.4 is 16.4 Å². The third kappa shape index (κ3) is 3.54. The van der Waals surface area contributed by atoms with Crippen LogP contribution in [0.1, 0.15) is 31.2 Å². The van der Waals surface area contributed by atoms with Crippen molar-refractivity contribution in [1.29, 1.82) is 0 Å². The van der Waals surface area contributed by atoms with Crippen molar-refractivity contribution in [3.05, 3.63) is 29.8 Å². The molecule has 21 heavy (non-hydrogen) atoms. The van der Waals surface area contributed by atoms with Gasteiger partial charge >= 0.3 is 6.03 Å². The molecule has 2 amide bonds. The standard InChI is InChI=1S/C16H24N4O/c17-11-12-3-1-4-13(9-12)18-16(21)19-14-6-8-20-7-2-5-15(20)10-14/h1,3-4,9,14-15H,2,5-8,10-11,17H2,(H2,18,19,21). The van der Waals surface area contributed by atoms with Crippen molar-refractivity contribution in [2.24, 2.45) is 5.73 Å². The van der Waals surface area contributed by atoms with Crippen molar-refractivity contribution in [3.63, 3.8) is 0 Å². The van der Waals surface area contributed by atoms with Crippen LogP contribution in [0.3, 0.4) is 0 Å². The van der Waals surface area contributed by atoms with E-state index in [1.807, 2.05) is 24.3 Å². The summed E-state index contributed by atoms with van der Waals surface area (Å²) in [6, 6.07) is 8.53. The molecule has 2 fully saturated rings. The van der Waals surface area contributed by atoms with Crippen molar-refractivity contribution in [3.8, 4) is 0 Å². The number of rotatable bonds is 3. The Kier molecular flexibility index (Phi) is 4.41. The van der Waals surface area contributed by atoms with Crippen molar-refractivity contribution in [2.75, 3.05) is 18.4 Å². The molecular formula is C16H24N4O. The van der Waals surface area contributed by atoms with Gasteiger partial charge in [-0.05, 0) is 49.9 Å². The summed E-state index contributed by atoms with van der Waals surface area (Å²) in [5.41, 5.74) is 7.44. The topological polar surface area (TPSA) is 70.4 Å². The summed E-state index contributed by atoms with van der Waals surface area (Å²) in [7, 11) is 0. The van der Waals surface area contributed by atoms with E-state index in [1.54, 1.807) is 0 Å². The summed E-state index contributed by atoms with van der Waals surface area (Å²) in [6.45, 7) is 2.82. The van der Waals surface area contributed by atoms with E-state index in [-0.39, 0.29) is 6.03 Å². The van der Waals surface area contributed by atoms with Gasteiger partial charge in [0.15, 0.2) is 0 Å². The first-order valence-corrected chi connectivity index (χ1v) is 7.85. The number of hydrogen-bond donors (Lipinski definition) is 3. The maximum atomic E-state index is 12.1. The van der Waals surface area contributed by atoms with Crippen molar-refractivity contribution < 1.29 is 4.79 Å². The van der Waals surface area contributed by atoms with E-state index in [9.17, 15) is 4.79 Å². The average molecular weight is 288 g/mol. The number of benzene rings is 1. The number of carbonyl (C=O) groups is 1. The number of amides is 2. The fourth-order valence-electron chi connectivity index (χ4n) is 3.48. The van der Waals surface area contributed by atoms with E-state index in [1.165, 1.54) is 19.4 Å². The van der Waals surface area contributed by atoms with Crippen LogP contribution in [0.15, 0.2) is 24.3 Å². The van der Waals surface area contributed by atoms with Gasteiger partial charge in [-0.1, -0.05) is 12.1 Å². The van der Waals surface area contributed by atoms with Crippen LogP contribution in [-0.2, 0) is 6.54 Å². The molecule has 3 rings (SSSR count). The molecule has 2 atom stereocenters. The van der Waals surface area contributed by atoms with E-state index in [0.717, 1.165) is 30.6 Å². The molecule has 2 heterocycles. The number of nitrogens with two attached hydrogens (primary N) is 1. The second-order valence-electron chi connectivity index (χ2n) is 6.06. The molecule has 0 spiro atoms. The average Bonchev–Trinajstić information content (AvgIpc) is 2.95. The fraction of sp³-hybridized carbons (Fsp3) is 0.562. The van der Waals surface area contributed by atoms with Crippen LogP contribution in [0.2, 0.25) is 0 Å². The van der Waals surface area contributed by atoms with Gasteiger partial charge in [-0.25, -0.2) is 4.79 Å². The molecule has 0 saturated carbocycles. The minimum absolute atomic E-state index is 0.111. The maximum absolute atomic E-state index is 12.1. The molecule has 2 saturated heterocycles. The molecule has 1 aromatic carbocycles. The largest absolute Gasteiger partial charge is 0.335 e. The Labute approximate surface area is 125 Å². The zero-order chi connectivity index (χ0) is 14.7. The van der Waals surface area contributed by atoms with Crippen LogP contribution in [0.4, 0.5) is 10.5 Å². The van der Waals surface area contributed by atoms with Crippen LogP contribution in [0, 0.1) is 0 Å². The molecule has 0 aromatic heterocycles. The number of carbonyl (C=O) groups excluding carboxylic acids is 1. The SMILES string of the molecule is NCc1cccc(NC(=O)NC2CCN3CCCC3C2)c1. The van der Waals surface area contributed by atoms with Crippen LogP contribution in [0.5, 0.6) is 0 Å². The summed E-state index contributed by atoms with van der Waals surface area (Å²) in [6.07, 6.45) is 4.71. The van der Waals surface area contributed by atoms with Gasteiger partial charge < -0.3 is 21.3 Å². The Morgan fingerprint density at radius 1 is 1.33 bits per heavy atom. The van der Waals surface area contributed by atoms with Crippen LogP contribution >= 0.6 is 0 Å². The van der Waals surface area contributed by atoms with E-state index >= 15 is 0 Å². The predicted octanol–water partition coefficient (Wildman–Crippen LogP) is 1.89. The molecule has 114 valence electrons. The third-order valence-electron chi connectivity index (χ3n) is 4.58. The first-order valence-electron chi connectivity index (χ1n) is 7.85. The van der Waals surface area contributed by atoms with Crippen molar-refractivity contribution in [1.82, 2.24) is 10.2 Å². The summed E-state index contributed by atoms with van der Waals surface area (Å²) in [4.78, 5) is 14.7. The van der Waals surface area contributed by atoms with E-state index < -0.39 is 0 Å². The zero-order valence-corrected chi connectivity index (χ0v) is 12.3. The molecule has 0 bridgehead atoms. The lowest BCUT2D eigenvalue weighted by Crippen LogP contribution is -2.48. The van der Waals surface area contributed by atoms with Gasteiger partial charge in [0, 0.05) is 30.9 Å².